The van der Waals surface area contributed by atoms with Crippen molar-refractivity contribution in [3.63, 3.8) is 0 Å². The smallest absolute Gasteiger partial charge is 0.264 e. The number of nitrogens with zero attached hydrogens (tertiary/aromatic N) is 3. The molecule has 35 heavy (non-hydrogen) atoms. The van der Waals surface area contributed by atoms with Crippen molar-refractivity contribution >= 4 is 43.2 Å². The number of para-hydroxylation sites is 1. The summed E-state index contributed by atoms with van der Waals surface area (Å²) in [5.41, 5.74) is 2.56. The topological polar surface area (TPSA) is 70.2 Å². The van der Waals surface area contributed by atoms with Gasteiger partial charge < -0.3 is 14.5 Å². The quantitative estimate of drug-likeness (QED) is 0.433. The number of benzene rings is 3. The molecule has 0 N–H and O–H groups in total. The molecule has 0 radical (unpaired) electrons. The van der Waals surface area contributed by atoms with Crippen molar-refractivity contribution in [1.29, 1.82) is 0 Å². The number of piperazine rings is 1. The number of methoxy groups -OCH3 is 1. The van der Waals surface area contributed by atoms with Gasteiger partial charge in [-0.15, -0.1) is 0 Å². The van der Waals surface area contributed by atoms with Gasteiger partial charge in [0, 0.05) is 31.9 Å². The van der Waals surface area contributed by atoms with Crippen molar-refractivity contribution in [3.05, 3.63) is 82.8 Å². The fourth-order valence-electron chi connectivity index (χ4n) is 4.04. The molecular formula is C26H28BrN3O4S. The predicted molar refractivity (Wildman–Crippen MR) is 142 cm³/mol. The molecule has 184 valence electrons. The van der Waals surface area contributed by atoms with Crippen LogP contribution in [-0.4, -0.2) is 59.1 Å². The van der Waals surface area contributed by atoms with Gasteiger partial charge in [-0.1, -0.05) is 35.9 Å². The van der Waals surface area contributed by atoms with E-state index in [-0.39, 0.29) is 17.3 Å². The summed E-state index contributed by atoms with van der Waals surface area (Å²) in [5.74, 6) is 0.299. The normalized spacial score (nSPS) is 14.0. The van der Waals surface area contributed by atoms with Crippen molar-refractivity contribution in [2.75, 3.05) is 49.0 Å². The number of halogens is 1. The van der Waals surface area contributed by atoms with Gasteiger partial charge in [0.15, 0.2) is 0 Å². The maximum Gasteiger partial charge on any atom is 0.264 e. The highest BCUT2D eigenvalue weighted by Gasteiger charge is 2.30. The second-order valence-corrected chi connectivity index (χ2v) is 11.1. The molecule has 0 saturated carbocycles. The summed E-state index contributed by atoms with van der Waals surface area (Å²) >= 11 is 3.37. The van der Waals surface area contributed by atoms with E-state index >= 15 is 0 Å². The van der Waals surface area contributed by atoms with Gasteiger partial charge in [-0.25, -0.2) is 8.42 Å². The van der Waals surface area contributed by atoms with E-state index < -0.39 is 10.0 Å². The maximum absolute atomic E-state index is 13.7. The summed E-state index contributed by atoms with van der Waals surface area (Å²) < 4.78 is 34.4. The van der Waals surface area contributed by atoms with Crippen LogP contribution in [0.3, 0.4) is 0 Å². The molecule has 3 aromatic rings. The van der Waals surface area contributed by atoms with Gasteiger partial charge in [0.2, 0.25) is 5.91 Å². The molecule has 4 rings (SSSR count). The molecule has 9 heteroatoms. The second kappa shape index (κ2) is 10.7. The zero-order valence-corrected chi connectivity index (χ0v) is 22.1. The average molecular weight is 558 g/mol. The molecule has 0 atom stereocenters. The number of ether oxygens (including phenoxy) is 1. The molecule has 0 aromatic heterocycles. The number of hydrogen-bond acceptors (Lipinski definition) is 5. The van der Waals surface area contributed by atoms with E-state index in [0.717, 1.165) is 11.3 Å². The van der Waals surface area contributed by atoms with Gasteiger partial charge in [-0.05, 0) is 65.3 Å². The Morgan fingerprint density at radius 1 is 0.971 bits per heavy atom. The van der Waals surface area contributed by atoms with Crippen LogP contribution in [0.4, 0.5) is 11.4 Å². The molecule has 1 saturated heterocycles. The number of sulfonamides is 1. The van der Waals surface area contributed by atoms with Gasteiger partial charge in [-0.2, -0.15) is 0 Å². The molecule has 1 aliphatic heterocycles. The fourth-order valence-corrected chi connectivity index (χ4v) is 6.17. The standard InChI is InChI=1S/C26H28BrN3O4S/c1-20-8-10-22(11-9-20)30(35(32,33)23-12-13-25(34-2)24(27)18-23)19-26(31)29-16-14-28(15-17-29)21-6-4-3-5-7-21/h3-13,18H,14-17,19H2,1-2H3. The van der Waals surface area contributed by atoms with Crippen LogP contribution < -0.4 is 13.9 Å². The lowest BCUT2D eigenvalue weighted by molar-refractivity contribution is -0.129. The number of aryl methyl sites for hydroxylation is 1. The lowest BCUT2D eigenvalue weighted by Gasteiger charge is -2.37. The highest BCUT2D eigenvalue weighted by atomic mass is 79.9. The Bertz CT molecular complexity index is 1280. The summed E-state index contributed by atoms with van der Waals surface area (Å²) in [7, 11) is -2.50. The Kier molecular flexibility index (Phi) is 7.66. The number of hydrogen-bond donors (Lipinski definition) is 0. The SMILES string of the molecule is COc1ccc(S(=O)(=O)N(CC(=O)N2CCN(c3ccccc3)CC2)c2ccc(C)cc2)cc1Br. The monoisotopic (exact) mass is 557 g/mol. The fraction of sp³-hybridized carbons (Fsp3) is 0.269. The molecule has 1 amide bonds. The highest BCUT2D eigenvalue weighted by molar-refractivity contribution is 9.10. The third kappa shape index (κ3) is 5.62. The summed E-state index contributed by atoms with van der Waals surface area (Å²) in [5, 5.41) is 0. The van der Waals surface area contributed by atoms with Crippen LogP contribution in [0.25, 0.3) is 0 Å². The van der Waals surface area contributed by atoms with Crippen LogP contribution in [0.15, 0.2) is 82.2 Å². The Hall–Kier alpha value is -3.04. The summed E-state index contributed by atoms with van der Waals surface area (Å²) in [6.07, 6.45) is 0. The van der Waals surface area contributed by atoms with E-state index in [9.17, 15) is 13.2 Å². The van der Waals surface area contributed by atoms with Crippen molar-refractivity contribution in [1.82, 2.24) is 4.90 Å². The molecule has 7 nitrogen and oxygen atoms in total. The number of carbonyl (C=O) groups is 1. The number of amides is 1. The molecule has 0 aliphatic carbocycles. The highest BCUT2D eigenvalue weighted by Crippen LogP contribution is 2.31. The van der Waals surface area contributed by atoms with E-state index in [0.29, 0.717) is 42.1 Å². The van der Waals surface area contributed by atoms with Crippen molar-refractivity contribution in [3.8, 4) is 5.75 Å². The third-order valence-electron chi connectivity index (χ3n) is 6.07. The van der Waals surface area contributed by atoms with Crippen molar-refractivity contribution < 1.29 is 17.9 Å². The van der Waals surface area contributed by atoms with E-state index in [1.165, 1.54) is 23.5 Å². The Morgan fingerprint density at radius 3 is 2.23 bits per heavy atom. The molecule has 1 heterocycles. The lowest BCUT2D eigenvalue weighted by Crippen LogP contribution is -2.52. The molecule has 0 spiro atoms. The molecule has 1 fully saturated rings. The maximum atomic E-state index is 13.7. The zero-order chi connectivity index (χ0) is 25.0. The van der Waals surface area contributed by atoms with Crippen molar-refractivity contribution in [2.24, 2.45) is 0 Å². The molecule has 0 bridgehead atoms. The molecule has 0 unspecified atom stereocenters. The minimum atomic E-state index is -4.01. The van der Waals surface area contributed by atoms with Gasteiger partial charge in [0.25, 0.3) is 10.0 Å². The van der Waals surface area contributed by atoms with Crippen LogP contribution in [-0.2, 0) is 14.8 Å². The second-order valence-electron chi connectivity index (χ2n) is 8.35. The van der Waals surface area contributed by atoms with Gasteiger partial charge in [0.1, 0.15) is 12.3 Å². The minimum Gasteiger partial charge on any atom is -0.496 e. The largest absolute Gasteiger partial charge is 0.496 e. The van der Waals surface area contributed by atoms with E-state index in [1.807, 2.05) is 37.3 Å². The van der Waals surface area contributed by atoms with Crippen LogP contribution in [0.5, 0.6) is 5.75 Å². The number of rotatable bonds is 7. The first-order chi connectivity index (χ1) is 16.8. The number of carbonyl (C=O) groups excluding carboxylic acids is 1. The summed E-state index contributed by atoms with van der Waals surface area (Å²) in [6, 6.07) is 21.8. The number of anilines is 2. The van der Waals surface area contributed by atoms with Crippen LogP contribution >= 0.6 is 15.9 Å². The van der Waals surface area contributed by atoms with E-state index in [4.69, 9.17) is 4.74 Å². The van der Waals surface area contributed by atoms with Crippen LogP contribution in [0, 0.1) is 6.92 Å². The first-order valence-corrected chi connectivity index (χ1v) is 13.5. The summed E-state index contributed by atoms with van der Waals surface area (Å²) in [4.78, 5) is 17.4. The average Bonchev–Trinajstić information content (AvgIpc) is 2.88. The Balaban J connectivity index is 1.56. The van der Waals surface area contributed by atoms with E-state index in [1.54, 1.807) is 23.1 Å². The van der Waals surface area contributed by atoms with Crippen LogP contribution in [0.1, 0.15) is 5.56 Å². The van der Waals surface area contributed by atoms with Gasteiger partial charge >= 0.3 is 0 Å². The zero-order valence-electron chi connectivity index (χ0n) is 19.7. The van der Waals surface area contributed by atoms with Gasteiger partial charge in [-0.3, -0.25) is 9.10 Å². The Morgan fingerprint density at radius 2 is 1.63 bits per heavy atom. The van der Waals surface area contributed by atoms with Crippen LogP contribution in [0.2, 0.25) is 0 Å². The Labute approximate surface area is 215 Å². The van der Waals surface area contributed by atoms with E-state index in [2.05, 4.69) is 33.0 Å². The third-order valence-corrected chi connectivity index (χ3v) is 8.46. The first kappa shape index (κ1) is 25.1. The molecule has 3 aromatic carbocycles. The first-order valence-electron chi connectivity index (χ1n) is 11.3. The lowest BCUT2D eigenvalue weighted by atomic mass is 10.2. The molecular weight excluding hydrogens is 530 g/mol. The van der Waals surface area contributed by atoms with Crippen molar-refractivity contribution in [2.45, 2.75) is 11.8 Å². The minimum absolute atomic E-state index is 0.0763. The van der Waals surface area contributed by atoms with Gasteiger partial charge in [0.05, 0.1) is 22.2 Å². The summed E-state index contributed by atoms with van der Waals surface area (Å²) in [6.45, 7) is 4.10. The predicted octanol–water partition coefficient (Wildman–Crippen LogP) is 4.31. The molecule has 1 aliphatic rings.